The predicted molar refractivity (Wildman–Crippen MR) is 133 cm³/mol. The molecule has 1 atom stereocenters. The van der Waals surface area contributed by atoms with E-state index in [0.29, 0.717) is 43.6 Å². The number of nitrogens with two attached hydrogens (primary N) is 1. The summed E-state index contributed by atoms with van der Waals surface area (Å²) in [5, 5.41) is 14.8. The number of amides is 2. The molecule has 0 saturated carbocycles. The highest BCUT2D eigenvalue weighted by Gasteiger charge is 2.24. The lowest BCUT2D eigenvalue weighted by atomic mass is 10.0. The Morgan fingerprint density at radius 2 is 2.14 bits per heavy atom. The molecule has 11 heteroatoms. The Bertz CT molecular complexity index is 1180. The maximum absolute atomic E-state index is 12.1. The number of nitrogens with one attached hydrogen (secondary N) is 2. The minimum atomic E-state index is -1.06. The van der Waals surface area contributed by atoms with Crippen molar-refractivity contribution in [3.63, 3.8) is 0 Å². The lowest BCUT2D eigenvalue weighted by molar-refractivity contribution is 0.100. The van der Waals surface area contributed by atoms with Gasteiger partial charge in [-0.15, -0.1) is 0 Å². The first-order chi connectivity index (χ1) is 16.8. The maximum atomic E-state index is 12.1. The van der Waals surface area contributed by atoms with Crippen molar-refractivity contribution in [3.05, 3.63) is 47.9 Å². The van der Waals surface area contributed by atoms with E-state index in [1.54, 1.807) is 0 Å². The molecule has 11 nitrogen and oxygen atoms in total. The Morgan fingerprint density at radius 1 is 1.31 bits per heavy atom. The zero-order valence-corrected chi connectivity index (χ0v) is 19.6. The Morgan fingerprint density at radius 3 is 2.83 bits per heavy atom. The second-order valence-corrected chi connectivity index (χ2v) is 8.62. The molecule has 4 heterocycles. The van der Waals surface area contributed by atoms with Crippen molar-refractivity contribution in [2.24, 2.45) is 5.73 Å². The van der Waals surface area contributed by atoms with Crippen molar-refractivity contribution in [1.82, 2.24) is 20.3 Å². The number of anilines is 3. The van der Waals surface area contributed by atoms with Gasteiger partial charge in [0.2, 0.25) is 5.95 Å². The molecule has 184 valence electrons. The standard InChI is InChI=1S/C24H29N7O4/c1-14(2)19-10-17(11-20(29-19)15-5-8-35-9-6-15)27-22-18(21(25)32)12-26-23(30-22)31-7-3-4-16(13-31)28-24(33)34/h5,10-12,16,28H,1,3-4,6-9,13H2,2H3,(H2,25,32)(H,33,34)(H,26,27,29,30). The van der Waals surface area contributed by atoms with Crippen LogP contribution in [0.4, 0.5) is 22.2 Å². The summed E-state index contributed by atoms with van der Waals surface area (Å²) in [5.74, 6) is -0.0119. The van der Waals surface area contributed by atoms with Crippen LogP contribution < -0.4 is 21.3 Å². The number of piperidine rings is 1. The van der Waals surface area contributed by atoms with Gasteiger partial charge in [0.15, 0.2) is 0 Å². The van der Waals surface area contributed by atoms with E-state index < -0.39 is 12.0 Å². The highest BCUT2D eigenvalue weighted by molar-refractivity contribution is 5.98. The van der Waals surface area contributed by atoms with E-state index in [1.807, 2.05) is 30.0 Å². The van der Waals surface area contributed by atoms with Gasteiger partial charge in [-0.05, 0) is 49.5 Å². The topological polar surface area (TPSA) is 156 Å². The van der Waals surface area contributed by atoms with Crippen LogP contribution in [0, 0.1) is 0 Å². The maximum Gasteiger partial charge on any atom is 0.404 e. The molecule has 0 aromatic carbocycles. The van der Waals surface area contributed by atoms with Crippen LogP contribution in [0.25, 0.3) is 11.1 Å². The average Bonchev–Trinajstić information content (AvgIpc) is 2.84. The molecule has 0 radical (unpaired) electrons. The third kappa shape index (κ3) is 5.93. The van der Waals surface area contributed by atoms with Crippen molar-refractivity contribution < 1.29 is 19.4 Å². The molecule has 2 amide bonds. The quantitative estimate of drug-likeness (QED) is 0.469. The number of nitrogens with zero attached hydrogens (tertiary/aromatic N) is 4. The summed E-state index contributed by atoms with van der Waals surface area (Å²) in [5.41, 5.74) is 9.81. The molecule has 5 N–H and O–H groups in total. The summed E-state index contributed by atoms with van der Waals surface area (Å²) < 4.78 is 5.42. The van der Waals surface area contributed by atoms with Crippen LogP contribution >= 0.6 is 0 Å². The number of carbonyl (C=O) groups excluding carboxylic acids is 1. The van der Waals surface area contributed by atoms with Gasteiger partial charge >= 0.3 is 6.09 Å². The average molecular weight is 480 g/mol. The zero-order valence-electron chi connectivity index (χ0n) is 19.6. The molecule has 2 aliphatic heterocycles. The molecule has 2 aliphatic rings. The third-order valence-corrected chi connectivity index (χ3v) is 5.89. The molecule has 0 bridgehead atoms. The number of carbonyl (C=O) groups is 2. The van der Waals surface area contributed by atoms with Crippen LogP contribution in [-0.2, 0) is 4.74 Å². The summed E-state index contributed by atoms with van der Waals surface area (Å²) >= 11 is 0. The van der Waals surface area contributed by atoms with E-state index in [4.69, 9.17) is 20.6 Å². The van der Waals surface area contributed by atoms with Crippen molar-refractivity contribution >= 4 is 40.6 Å². The molecule has 1 unspecified atom stereocenters. The number of hydrogen-bond donors (Lipinski definition) is 4. The van der Waals surface area contributed by atoms with Crippen LogP contribution in [0.2, 0.25) is 0 Å². The van der Waals surface area contributed by atoms with Crippen LogP contribution in [0.15, 0.2) is 31.0 Å². The van der Waals surface area contributed by atoms with Crippen molar-refractivity contribution in [3.8, 4) is 0 Å². The lowest BCUT2D eigenvalue weighted by Gasteiger charge is -2.32. The second-order valence-electron chi connectivity index (χ2n) is 8.62. The molecule has 0 aliphatic carbocycles. The highest BCUT2D eigenvalue weighted by Crippen LogP contribution is 2.28. The largest absolute Gasteiger partial charge is 0.465 e. The molecular weight excluding hydrogens is 450 g/mol. The predicted octanol–water partition coefficient (Wildman–Crippen LogP) is 2.79. The Balaban J connectivity index is 1.67. The monoisotopic (exact) mass is 479 g/mol. The van der Waals surface area contributed by atoms with Crippen LogP contribution in [-0.4, -0.2) is 64.4 Å². The molecule has 2 aromatic rings. The molecule has 0 spiro atoms. The molecule has 1 fully saturated rings. The van der Waals surface area contributed by atoms with Gasteiger partial charge in [-0.3, -0.25) is 4.79 Å². The third-order valence-electron chi connectivity index (χ3n) is 5.89. The summed E-state index contributed by atoms with van der Waals surface area (Å²) in [6, 6.07) is 3.50. The van der Waals surface area contributed by atoms with E-state index in [1.165, 1.54) is 6.20 Å². The van der Waals surface area contributed by atoms with Gasteiger partial charge in [0.25, 0.3) is 5.91 Å². The fourth-order valence-corrected chi connectivity index (χ4v) is 4.13. The first kappa shape index (κ1) is 24.1. The molecule has 2 aromatic heterocycles. The fraction of sp³-hybridized carbons (Fsp3) is 0.375. The number of rotatable bonds is 7. The van der Waals surface area contributed by atoms with E-state index in [-0.39, 0.29) is 17.4 Å². The summed E-state index contributed by atoms with van der Waals surface area (Å²) in [4.78, 5) is 38.7. The van der Waals surface area contributed by atoms with Crippen molar-refractivity contribution in [2.75, 3.05) is 36.5 Å². The van der Waals surface area contributed by atoms with Crippen LogP contribution in [0.3, 0.4) is 0 Å². The van der Waals surface area contributed by atoms with E-state index in [2.05, 4.69) is 27.2 Å². The Labute approximate surface area is 203 Å². The van der Waals surface area contributed by atoms with Crippen LogP contribution in [0.5, 0.6) is 0 Å². The molecular formula is C24H29N7O4. The molecule has 35 heavy (non-hydrogen) atoms. The summed E-state index contributed by atoms with van der Waals surface area (Å²) in [6.45, 7) is 8.16. The number of aromatic nitrogens is 3. The zero-order chi connectivity index (χ0) is 24.9. The van der Waals surface area contributed by atoms with Crippen LogP contribution in [0.1, 0.15) is 47.9 Å². The van der Waals surface area contributed by atoms with E-state index in [0.717, 1.165) is 36.1 Å². The number of primary amides is 1. The van der Waals surface area contributed by atoms with Crippen molar-refractivity contribution in [2.45, 2.75) is 32.2 Å². The lowest BCUT2D eigenvalue weighted by Crippen LogP contribution is -2.48. The fourth-order valence-electron chi connectivity index (χ4n) is 4.13. The van der Waals surface area contributed by atoms with E-state index in [9.17, 15) is 9.59 Å². The van der Waals surface area contributed by atoms with Gasteiger partial charge in [0, 0.05) is 31.0 Å². The minimum Gasteiger partial charge on any atom is -0.465 e. The highest BCUT2D eigenvalue weighted by atomic mass is 16.5. The number of allylic oxidation sites excluding steroid dienone is 1. The Hall–Kier alpha value is -3.99. The number of pyridine rings is 1. The molecule has 4 rings (SSSR count). The van der Waals surface area contributed by atoms with Gasteiger partial charge in [-0.1, -0.05) is 12.7 Å². The van der Waals surface area contributed by atoms with E-state index >= 15 is 0 Å². The van der Waals surface area contributed by atoms with Gasteiger partial charge in [0.05, 0.1) is 24.6 Å². The van der Waals surface area contributed by atoms with Gasteiger partial charge in [-0.25, -0.2) is 14.8 Å². The summed E-state index contributed by atoms with van der Waals surface area (Å²) in [7, 11) is 0. The normalized spacial score (nSPS) is 17.9. The number of carboxylic acid groups (broad SMARTS) is 1. The van der Waals surface area contributed by atoms with Crippen molar-refractivity contribution in [1.29, 1.82) is 0 Å². The Kier molecular flexibility index (Phi) is 7.25. The minimum absolute atomic E-state index is 0.145. The second kappa shape index (κ2) is 10.5. The summed E-state index contributed by atoms with van der Waals surface area (Å²) in [6.07, 6.45) is 4.60. The smallest absolute Gasteiger partial charge is 0.404 e. The molecule has 1 saturated heterocycles. The SMILES string of the molecule is C=C(C)c1cc(Nc2nc(N3CCCC(NC(=O)O)C3)ncc2C(N)=O)cc(C2=CCOCC2)n1. The van der Waals surface area contributed by atoms with Gasteiger partial charge in [-0.2, -0.15) is 4.98 Å². The van der Waals surface area contributed by atoms with Gasteiger partial charge in [0.1, 0.15) is 11.4 Å². The number of hydrogen-bond acceptors (Lipinski definition) is 8. The number of ether oxygens (including phenoxy) is 1. The van der Waals surface area contributed by atoms with Gasteiger partial charge < -0.3 is 31.1 Å². The first-order valence-corrected chi connectivity index (χ1v) is 11.4. The first-order valence-electron chi connectivity index (χ1n) is 11.4.